The van der Waals surface area contributed by atoms with E-state index in [4.69, 9.17) is 4.42 Å². The Balaban J connectivity index is 1.48. The first-order valence-electron chi connectivity index (χ1n) is 10.8. The molecule has 150 valence electrons. The molecule has 3 aromatic carbocycles. The Hall–Kier alpha value is -3.07. The molecular formula is C27H24FNO. The van der Waals surface area contributed by atoms with E-state index in [2.05, 4.69) is 60.8 Å². The maximum Gasteiger partial charge on any atom is 0.141 e. The number of hydrogen-bond acceptors (Lipinski definition) is 2. The summed E-state index contributed by atoms with van der Waals surface area (Å²) < 4.78 is 20.0. The lowest BCUT2D eigenvalue weighted by Crippen LogP contribution is -2.21. The Morgan fingerprint density at radius 3 is 2.73 bits per heavy atom. The molecule has 3 heteroatoms. The van der Waals surface area contributed by atoms with Crippen molar-refractivity contribution in [1.29, 1.82) is 0 Å². The van der Waals surface area contributed by atoms with E-state index >= 15 is 0 Å². The number of nitrogens with one attached hydrogen (secondary N) is 1. The van der Waals surface area contributed by atoms with Gasteiger partial charge in [-0.25, -0.2) is 4.39 Å². The molecule has 30 heavy (non-hydrogen) atoms. The van der Waals surface area contributed by atoms with Gasteiger partial charge >= 0.3 is 0 Å². The quantitative estimate of drug-likeness (QED) is 0.388. The molecule has 3 atom stereocenters. The number of alkyl halides is 1. The molecule has 4 aromatic rings. The summed E-state index contributed by atoms with van der Waals surface area (Å²) in [4.78, 5) is 0. The molecule has 2 aliphatic rings. The van der Waals surface area contributed by atoms with E-state index < -0.39 is 6.17 Å². The van der Waals surface area contributed by atoms with E-state index in [1.54, 1.807) is 0 Å². The predicted molar refractivity (Wildman–Crippen MR) is 120 cm³/mol. The van der Waals surface area contributed by atoms with E-state index in [-0.39, 0.29) is 6.04 Å². The van der Waals surface area contributed by atoms with Crippen LogP contribution in [-0.2, 0) is 0 Å². The van der Waals surface area contributed by atoms with Crippen LogP contribution in [0.25, 0.3) is 28.0 Å². The third-order valence-electron chi connectivity index (χ3n) is 6.75. The molecule has 0 bridgehead atoms. The second-order valence-corrected chi connectivity index (χ2v) is 8.76. The van der Waals surface area contributed by atoms with E-state index in [1.807, 2.05) is 18.3 Å². The third kappa shape index (κ3) is 2.76. The molecule has 3 unspecified atom stereocenters. The molecule has 1 fully saturated rings. The third-order valence-corrected chi connectivity index (χ3v) is 6.75. The van der Waals surface area contributed by atoms with Crippen LogP contribution in [0.4, 0.5) is 4.39 Å². The second kappa shape index (κ2) is 6.73. The van der Waals surface area contributed by atoms with Gasteiger partial charge < -0.3 is 9.73 Å². The van der Waals surface area contributed by atoms with Gasteiger partial charge in [-0.3, -0.25) is 0 Å². The topological polar surface area (TPSA) is 25.2 Å². The number of halogens is 1. The summed E-state index contributed by atoms with van der Waals surface area (Å²) >= 11 is 0. The molecule has 0 saturated heterocycles. The molecule has 0 spiro atoms. The molecule has 2 nitrogen and oxygen atoms in total. The Bertz CT molecular complexity index is 1300. The van der Waals surface area contributed by atoms with Crippen molar-refractivity contribution in [3.05, 3.63) is 88.6 Å². The number of para-hydroxylation sites is 1. The first-order valence-corrected chi connectivity index (χ1v) is 10.8. The van der Waals surface area contributed by atoms with E-state index in [9.17, 15) is 4.39 Å². The minimum absolute atomic E-state index is 0.0273. The minimum Gasteiger partial charge on any atom is -0.456 e. The predicted octanol–water partition coefficient (Wildman–Crippen LogP) is 7.16. The van der Waals surface area contributed by atoms with Crippen molar-refractivity contribution in [3.63, 3.8) is 0 Å². The van der Waals surface area contributed by atoms with Crippen molar-refractivity contribution >= 4 is 28.0 Å². The summed E-state index contributed by atoms with van der Waals surface area (Å²) in [5.41, 5.74) is 7.96. The Morgan fingerprint density at radius 1 is 0.967 bits per heavy atom. The summed E-state index contributed by atoms with van der Waals surface area (Å²) in [6.45, 7) is 2.14. The molecule has 1 saturated carbocycles. The lowest BCUT2D eigenvalue weighted by molar-refractivity contribution is 0.339. The fraction of sp³-hybridized carbons (Fsp3) is 0.259. The lowest BCUT2D eigenvalue weighted by Gasteiger charge is -2.26. The highest BCUT2D eigenvalue weighted by Gasteiger charge is 2.28. The van der Waals surface area contributed by atoms with Crippen molar-refractivity contribution < 1.29 is 8.81 Å². The monoisotopic (exact) mass is 397 g/mol. The highest BCUT2D eigenvalue weighted by atomic mass is 19.1. The molecule has 1 N–H and O–H groups in total. The zero-order chi connectivity index (χ0) is 20.2. The molecule has 6 rings (SSSR count). The van der Waals surface area contributed by atoms with E-state index in [1.165, 1.54) is 22.3 Å². The number of fused-ring (bicyclic) bond motifs is 4. The van der Waals surface area contributed by atoms with Gasteiger partial charge in [-0.2, -0.15) is 0 Å². The largest absolute Gasteiger partial charge is 0.456 e. The SMILES string of the molecule is Cc1cc(C2NC=Cc3cc(C4CCC(F)C4)ccc32)c2oc3ccccc3c2c1. The van der Waals surface area contributed by atoms with Crippen LogP contribution in [0.2, 0.25) is 0 Å². The van der Waals surface area contributed by atoms with Crippen LogP contribution in [0.1, 0.15) is 59.0 Å². The van der Waals surface area contributed by atoms with Gasteiger partial charge in [0.05, 0.1) is 6.04 Å². The minimum atomic E-state index is -0.648. The summed E-state index contributed by atoms with van der Waals surface area (Å²) in [5, 5.41) is 5.87. The Labute approximate surface area is 175 Å². The van der Waals surface area contributed by atoms with E-state index in [0.29, 0.717) is 18.8 Å². The van der Waals surface area contributed by atoms with Crippen LogP contribution in [0.15, 0.2) is 65.2 Å². The molecule has 2 heterocycles. The van der Waals surface area contributed by atoms with Gasteiger partial charge in [0.25, 0.3) is 0 Å². The lowest BCUT2D eigenvalue weighted by atomic mass is 9.87. The second-order valence-electron chi connectivity index (χ2n) is 8.76. The fourth-order valence-electron chi connectivity index (χ4n) is 5.28. The molecule has 1 aliphatic heterocycles. The molecule has 0 amide bonds. The average Bonchev–Trinajstić information content (AvgIpc) is 3.36. The number of benzene rings is 3. The smallest absolute Gasteiger partial charge is 0.141 e. The first kappa shape index (κ1) is 17.8. The van der Waals surface area contributed by atoms with Gasteiger partial charge in [-0.05, 0) is 84.8 Å². The number of rotatable bonds is 2. The number of aryl methyl sites for hydroxylation is 1. The Kier molecular flexibility index (Phi) is 3.98. The molecular weight excluding hydrogens is 373 g/mol. The summed E-state index contributed by atoms with van der Waals surface area (Å²) in [6.07, 6.45) is 5.80. The van der Waals surface area contributed by atoms with Crippen LogP contribution in [-0.4, -0.2) is 6.17 Å². The van der Waals surface area contributed by atoms with Crippen molar-refractivity contribution in [2.24, 2.45) is 0 Å². The van der Waals surface area contributed by atoms with Gasteiger partial charge in [-0.15, -0.1) is 0 Å². The highest BCUT2D eigenvalue weighted by Crippen LogP contribution is 2.41. The fourth-order valence-corrected chi connectivity index (χ4v) is 5.28. The van der Waals surface area contributed by atoms with Crippen LogP contribution < -0.4 is 5.32 Å². The normalized spacial score (nSPS) is 23.1. The maximum absolute atomic E-state index is 13.7. The zero-order valence-corrected chi connectivity index (χ0v) is 17.0. The van der Waals surface area contributed by atoms with Crippen LogP contribution in [0.5, 0.6) is 0 Å². The van der Waals surface area contributed by atoms with Gasteiger partial charge in [0.15, 0.2) is 0 Å². The van der Waals surface area contributed by atoms with Gasteiger partial charge in [-0.1, -0.05) is 36.4 Å². The zero-order valence-electron chi connectivity index (χ0n) is 17.0. The highest BCUT2D eigenvalue weighted by molar-refractivity contribution is 6.06. The standard InChI is InChI=1S/C27H24FNO/c1-16-12-23-22-4-2-3-5-25(22)30-27(23)24(13-16)26-21-9-7-17(14-19(21)10-11-29-26)18-6-8-20(28)15-18/h2-5,7,9-14,18,20,26,29H,6,8,15H2,1H3. The van der Waals surface area contributed by atoms with Gasteiger partial charge in [0, 0.05) is 16.3 Å². The average molecular weight is 397 g/mol. The summed E-state index contributed by atoms with van der Waals surface area (Å²) in [7, 11) is 0. The van der Waals surface area contributed by atoms with E-state index in [0.717, 1.165) is 33.9 Å². The number of hydrogen-bond donors (Lipinski definition) is 1. The van der Waals surface area contributed by atoms with Crippen LogP contribution in [0, 0.1) is 6.92 Å². The first-order chi connectivity index (χ1) is 14.7. The van der Waals surface area contributed by atoms with Crippen LogP contribution in [0.3, 0.4) is 0 Å². The van der Waals surface area contributed by atoms with Crippen molar-refractivity contribution in [1.82, 2.24) is 5.32 Å². The van der Waals surface area contributed by atoms with Gasteiger partial charge in [0.2, 0.25) is 0 Å². The maximum atomic E-state index is 13.7. The van der Waals surface area contributed by atoms with Gasteiger partial charge in [0.1, 0.15) is 17.3 Å². The van der Waals surface area contributed by atoms with Crippen molar-refractivity contribution in [3.8, 4) is 0 Å². The number of furan rings is 1. The van der Waals surface area contributed by atoms with Crippen molar-refractivity contribution in [2.45, 2.75) is 44.3 Å². The van der Waals surface area contributed by atoms with Crippen molar-refractivity contribution in [2.75, 3.05) is 0 Å². The molecule has 1 aliphatic carbocycles. The molecule has 0 radical (unpaired) electrons. The Morgan fingerprint density at radius 2 is 1.87 bits per heavy atom. The molecule has 1 aromatic heterocycles. The summed E-state index contributed by atoms with van der Waals surface area (Å²) in [6, 6.07) is 19.4. The van der Waals surface area contributed by atoms with Crippen LogP contribution >= 0.6 is 0 Å². The summed E-state index contributed by atoms with van der Waals surface area (Å²) in [5.74, 6) is 0.341.